The highest BCUT2D eigenvalue weighted by Gasteiger charge is 2.38. The third kappa shape index (κ3) is 5.23. The number of ketones is 1. The van der Waals surface area contributed by atoms with E-state index in [9.17, 15) is 45.8 Å². The summed E-state index contributed by atoms with van der Waals surface area (Å²) in [5.41, 5.74) is -4.35. The van der Waals surface area contributed by atoms with E-state index >= 15 is 0 Å². The van der Waals surface area contributed by atoms with Gasteiger partial charge < -0.3 is 10.4 Å². The number of carboxylic acid groups (broad SMARTS) is 1. The van der Waals surface area contributed by atoms with Crippen molar-refractivity contribution >= 4 is 17.7 Å². The lowest BCUT2D eigenvalue weighted by Gasteiger charge is -2.27. The van der Waals surface area contributed by atoms with Crippen molar-refractivity contribution in [3.8, 4) is 0 Å². The molecule has 1 aromatic rings. The molecule has 154 valence electrons. The zero-order chi connectivity index (χ0) is 21.3. The number of hydrogen-bond donors (Lipinski definition) is 2. The van der Waals surface area contributed by atoms with Gasteiger partial charge in [0.15, 0.2) is 0 Å². The van der Waals surface area contributed by atoms with Crippen LogP contribution in [0.3, 0.4) is 0 Å². The van der Waals surface area contributed by atoms with Crippen LogP contribution in [-0.4, -0.2) is 28.8 Å². The Morgan fingerprint density at radius 2 is 1.57 bits per heavy atom. The van der Waals surface area contributed by atoms with Gasteiger partial charge in [0.2, 0.25) is 0 Å². The Bertz CT molecular complexity index is 755. The van der Waals surface area contributed by atoms with Crippen molar-refractivity contribution in [2.45, 2.75) is 44.1 Å². The van der Waals surface area contributed by atoms with Gasteiger partial charge in [-0.25, -0.2) is 4.79 Å². The molecule has 2 N–H and O–H groups in total. The predicted octanol–water partition coefficient (Wildman–Crippen LogP) is 3.67. The quantitative estimate of drug-likeness (QED) is 0.741. The van der Waals surface area contributed by atoms with Crippen LogP contribution in [0.25, 0.3) is 0 Å². The zero-order valence-corrected chi connectivity index (χ0v) is 14.2. The van der Waals surface area contributed by atoms with Gasteiger partial charge >= 0.3 is 18.3 Å². The summed E-state index contributed by atoms with van der Waals surface area (Å²) in [4.78, 5) is 35.2. The second-order valence-corrected chi connectivity index (χ2v) is 6.48. The maximum absolute atomic E-state index is 12.9. The van der Waals surface area contributed by atoms with Crippen molar-refractivity contribution in [3.63, 3.8) is 0 Å². The van der Waals surface area contributed by atoms with Crippen molar-refractivity contribution in [2.24, 2.45) is 5.92 Å². The van der Waals surface area contributed by atoms with E-state index < -0.39 is 52.9 Å². The number of carbonyl (C=O) groups excluding carboxylic acids is 2. The van der Waals surface area contributed by atoms with Crippen molar-refractivity contribution in [1.29, 1.82) is 0 Å². The minimum atomic E-state index is -5.14. The van der Waals surface area contributed by atoms with E-state index in [1.165, 1.54) is 0 Å². The maximum Gasteiger partial charge on any atom is 0.416 e. The number of carboxylic acids is 1. The summed E-state index contributed by atoms with van der Waals surface area (Å²) >= 11 is 0. The molecule has 1 aromatic carbocycles. The molecule has 1 aliphatic carbocycles. The molecule has 0 aromatic heterocycles. The fourth-order valence-corrected chi connectivity index (χ4v) is 3.03. The maximum atomic E-state index is 12.9. The third-order valence-corrected chi connectivity index (χ3v) is 4.39. The molecule has 0 spiro atoms. The largest absolute Gasteiger partial charge is 0.480 e. The zero-order valence-electron chi connectivity index (χ0n) is 14.2. The Balaban J connectivity index is 2.35. The van der Waals surface area contributed by atoms with Gasteiger partial charge in [0.05, 0.1) is 11.1 Å². The number of amides is 1. The van der Waals surface area contributed by atoms with Crippen LogP contribution < -0.4 is 5.32 Å². The molecular weight excluding hydrogens is 396 g/mol. The van der Waals surface area contributed by atoms with Gasteiger partial charge in [0.1, 0.15) is 11.8 Å². The fourth-order valence-electron chi connectivity index (χ4n) is 3.03. The summed E-state index contributed by atoms with van der Waals surface area (Å²) in [7, 11) is 0. The van der Waals surface area contributed by atoms with Crippen LogP contribution >= 0.6 is 0 Å². The third-order valence-electron chi connectivity index (χ3n) is 4.39. The highest BCUT2D eigenvalue weighted by Crippen LogP contribution is 2.36. The molecule has 1 aliphatic rings. The smallest absolute Gasteiger partial charge is 0.416 e. The molecule has 2 rings (SSSR count). The molecule has 1 fully saturated rings. The molecule has 0 unspecified atom stereocenters. The van der Waals surface area contributed by atoms with Crippen LogP contribution in [0.15, 0.2) is 18.2 Å². The molecule has 0 bridgehead atoms. The first-order valence-electron chi connectivity index (χ1n) is 8.14. The van der Waals surface area contributed by atoms with Crippen LogP contribution in [0, 0.1) is 5.92 Å². The average Bonchev–Trinajstić information content (AvgIpc) is 2.57. The number of rotatable bonds is 4. The van der Waals surface area contributed by atoms with E-state index in [1.54, 1.807) is 0 Å². The summed E-state index contributed by atoms with van der Waals surface area (Å²) in [6.45, 7) is 0. The van der Waals surface area contributed by atoms with E-state index in [-0.39, 0.29) is 43.2 Å². The first-order valence-corrected chi connectivity index (χ1v) is 8.14. The normalized spacial score (nSPS) is 19.2. The Labute approximate surface area is 154 Å². The molecule has 5 nitrogen and oxygen atoms in total. The monoisotopic (exact) mass is 411 g/mol. The predicted molar refractivity (Wildman–Crippen MR) is 82.3 cm³/mol. The molecule has 11 heteroatoms. The Morgan fingerprint density at radius 1 is 1.04 bits per heavy atom. The van der Waals surface area contributed by atoms with E-state index in [0.29, 0.717) is 6.42 Å². The summed E-state index contributed by atoms with van der Waals surface area (Å²) in [5, 5.41) is 11.2. The summed E-state index contributed by atoms with van der Waals surface area (Å²) in [5.74, 6) is -3.95. The van der Waals surface area contributed by atoms with Gasteiger partial charge in [0.25, 0.3) is 5.91 Å². The van der Waals surface area contributed by atoms with E-state index in [0.717, 1.165) is 0 Å². The summed E-state index contributed by atoms with van der Waals surface area (Å²) in [6.07, 6.45) is -9.52. The van der Waals surface area contributed by atoms with Gasteiger partial charge in [-0.15, -0.1) is 0 Å². The second kappa shape index (κ2) is 7.80. The van der Waals surface area contributed by atoms with Crippen LogP contribution in [0.2, 0.25) is 0 Å². The summed E-state index contributed by atoms with van der Waals surface area (Å²) < 4.78 is 77.4. The molecule has 0 radical (unpaired) electrons. The highest BCUT2D eigenvalue weighted by atomic mass is 19.4. The van der Waals surface area contributed by atoms with Crippen molar-refractivity contribution in [1.82, 2.24) is 5.32 Å². The minimum Gasteiger partial charge on any atom is -0.480 e. The van der Waals surface area contributed by atoms with Gasteiger partial charge in [-0.3, -0.25) is 9.59 Å². The SMILES string of the molecule is O=C1CCC[C@H]([C@H](NC(=O)c2cc(C(F)(F)F)cc(C(F)(F)F)c2)C(=O)O)C1. The molecular formula is C17H15F6NO4. The molecule has 0 aliphatic heterocycles. The molecule has 1 amide bonds. The van der Waals surface area contributed by atoms with Gasteiger partial charge in [-0.2, -0.15) is 26.3 Å². The highest BCUT2D eigenvalue weighted by molar-refractivity contribution is 5.97. The van der Waals surface area contributed by atoms with Crippen LogP contribution in [0.1, 0.15) is 47.2 Å². The van der Waals surface area contributed by atoms with Crippen LogP contribution in [0.4, 0.5) is 26.3 Å². The number of carbonyl (C=O) groups is 3. The number of nitrogens with one attached hydrogen (secondary N) is 1. The van der Waals surface area contributed by atoms with Gasteiger partial charge in [0, 0.05) is 18.4 Å². The first-order chi connectivity index (χ1) is 12.8. The standard InChI is InChI=1S/C17H15F6NO4/c18-16(19,20)10-4-9(5-11(7-10)17(21,22)23)14(26)24-13(15(27)28)8-2-1-3-12(25)6-8/h4-5,7-8,13H,1-3,6H2,(H,24,26)(H,27,28)/t8-,13-/m0/s1. The van der Waals surface area contributed by atoms with Gasteiger partial charge in [-0.05, 0) is 37.0 Å². The number of hydrogen-bond acceptors (Lipinski definition) is 3. The lowest BCUT2D eigenvalue weighted by atomic mass is 9.83. The van der Waals surface area contributed by atoms with E-state index in [2.05, 4.69) is 0 Å². The van der Waals surface area contributed by atoms with Crippen molar-refractivity contribution in [3.05, 3.63) is 34.9 Å². The number of benzene rings is 1. The molecule has 1 saturated carbocycles. The first kappa shape index (κ1) is 21.7. The van der Waals surface area contributed by atoms with Gasteiger partial charge in [-0.1, -0.05) is 0 Å². The summed E-state index contributed by atoms with van der Waals surface area (Å²) in [6, 6.07) is -1.31. The van der Waals surface area contributed by atoms with Crippen molar-refractivity contribution < 1.29 is 45.8 Å². The number of Topliss-reactive ketones (excluding diaryl/α,β-unsaturated/α-hetero) is 1. The molecule has 0 saturated heterocycles. The van der Waals surface area contributed by atoms with Crippen LogP contribution in [0.5, 0.6) is 0 Å². The molecule has 0 heterocycles. The Kier molecular flexibility index (Phi) is 6.05. The van der Waals surface area contributed by atoms with E-state index in [1.807, 2.05) is 5.32 Å². The fraction of sp³-hybridized carbons (Fsp3) is 0.471. The Hall–Kier alpha value is -2.59. The second-order valence-electron chi connectivity index (χ2n) is 6.48. The lowest BCUT2D eigenvalue weighted by Crippen LogP contribution is -2.47. The van der Waals surface area contributed by atoms with E-state index in [4.69, 9.17) is 0 Å². The molecule has 28 heavy (non-hydrogen) atoms. The van der Waals surface area contributed by atoms with Crippen molar-refractivity contribution in [2.75, 3.05) is 0 Å². The average molecular weight is 411 g/mol. The Morgan fingerprint density at radius 3 is 2.00 bits per heavy atom. The number of aliphatic carboxylic acids is 1. The van der Waals surface area contributed by atoms with Crippen LogP contribution in [-0.2, 0) is 21.9 Å². The lowest BCUT2D eigenvalue weighted by molar-refractivity contribution is -0.144. The number of alkyl halides is 6. The minimum absolute atomic E-state index is 0.134. The topological polar surface area (TPSA) is 83.5 Å². The number of halogens is 6. The molecule has 2 atom stereocenters.